The van der Waals surface area contributed by atoms with E-state index in [9.17, 15) is 35.9 Å². The maximum Gasteiger partial charge on any atom is 0.434 e. The fourth-order valence-corrected chi connectivity index (χ4v) is 1.29. The number of rotatable bonds is 5. The van der Waals surface area contributed by atoms with Crippen molar-refractivity contribution in [2.45, 2.75) is 85.4 Å². The average Bonchev–Trinajstić information content (AvgIpc) is 2.47. The van der Waals surface area contributed by atoms with Crippen molar-refractivity contribution in [2.75, 3.05) is 0 Å². The molecule has 0 aliphatic heterocycles. The van der Waals surface area contributed by atoms with Gasteiger partial charge in [-0.25, -0.2) is 0 Å². The Balaban J connectivity index is 0. The number of ether oxygens (including phenoxy) is 2. The number of hydrogen-bond acceptors (Lipinski definition) is 4. The van der Waals surface area contributed by atoms with E-state index < -0.39 is 30.3 Å². The summed E-state index contributed by atoms with van der Waals surface area (Å²) in [5.41, 5.74) is -0.347. The lowest BCUT2D eigenvalue weighted by Gasteiger charge is -2.23. The quantitative estimate of drug-likeness (QED) is 0.447. The summed E-state index contributed by atoms with van der Waals surface area (Å²) in [6.07, 6.45) is -14.4. The van der Waals surface area contributed by atoms with Crippen molar-refractivity contribution in [1.29, 1.82) is 0 Å². The summed E-state index contributed by atoms with van der Waals surface area (Å²) >= 11 is 0. The Morgan fingerprint density at radius 1 is 0.778 bits per heavy atom. The molecule has 10 heteroatoms. The number of halogens is 6. The maximum atomic E-state index is 11.9. The number of alkyl halides is 6. The molecule has 0 N–H and O–H groups in total. The molecule has 0 fully saturated rings. The molecule has 0 heterocycles. The van der Waals surface area contributed by atoms with Crippen molar-refractivity contribution >= 4 is 11.9 Å². The molecular formula is C17H28F6O4. The van der Waals surface area contributed by atoms with Crippen molar-refractivity contribution in [3.8, 4) is 0 Å². The SMILES string of the molecule is CCC(C)C(=O)OC(C(F)(F)F)C(F)(F)F.CCC(C)C(=O)OC(C)(C)C. The van der Waals surface area contributed by atoms with Gasteiger partial charge in [-0.15, -0.1) is 0 Å². The van der Waals surface area contributed by atoms with Gasteiger partial charge in [0.05, 0.1) is 11.8 Å². The van der Waals surface area contributed by atoms with Gasteiger partial charge in [-0.3, -0.25) is 9.59 Å². The largest absolute Gasteiger partial charge is 0.460 e. The molecule has 27 heavy (non-hydrogen) atoms. The topological polar surface area (TPSA) is 52.6 Å². The van der Waals surface area contributed by atoms with Crippen LogP contribution >= 0.6 is 0 Å². The van der Waals surface area contributed by atoms with E-state index in [1.165, 1.54) is 13.8 Å². The first-order valence-electron chi connectivity index (χ1n) is 8.43. The monoisotopic (exact) mass is 410 g/mol. The number of esters is 2. The summed E-state index contributed by atoms with van der Waals surface area (Å²) in [5, 5.41) is 0. The number of hydrogen-bond donors (Lipinski definition) is 0. The minimum Gasteiger partial charge on any atom is -0.460 e. The molecule has 0 aliphatic carbocycles. The van der Waals surface area contributed by atoms with Gasteiger partial charge in [0.15, 0.2) is 0 Å². The third kappa shape index (κ3) is 12.5. The molecule has 162 valence electrons. The molecule has 0 saturated heterocycles. The Bertz CT molecular complexity index is 452. The fourth-order valence-electron chi connectivity index (χ4n) is 1.29. The summed E-state index contributed by atoms with van der Waals surface area (Å²) in [6, 6.07) is 0. The Kier molecular flexibility index (Phi) is 11.0. The van der Waals surface area contributed by atoms with Crippen molar-refractivity contribution in [2.24, 2.45) is 11.8 Å². The van der Waals surface area contributed by atoms with Crippen LogP contribution in [0.5, 0.6) is 0 Å². The van der Waals surface area contributed by atoms with Gasteiger partial charge in [-0.05, 0) is 33.6 Å². The Labute approximate surface area is 155 Å². The Morgan fingerprint density at radius 2 is 1.11 bits per heavy atom. The molecule has 2 unspecified atom stereocenters. The Morgan fingerprint density at radius 3 is 1.37 bits per heavy atom. The lowest BCUT2D eigenvalue weighted by Crippen LogP contribution is -2.46. The highest BCUT2D eigenvalue weighted by Crippen LogP contribution is 2.36. The highest BCUT2D eigenvalue weighted by molar-refractivity contribution is 5.72. The molecule has 0 aromatic rings. The van der Waals surface area contributed by atoms with Crippen LogP contribution in [0.4, 0.5) is 26.3 Å². The molecule has 0 rings (SSSR count). The van der Waals surface area contributed by atoms with Crippen LogP contribution in [-0.2, 0) is 19.1 Å². The second-order valence-electron chi connectivity index (χ2n) is 7.05. The molecule has 0 aromatic heterocycles. The average molecular weight is 410 g/mol. The Hall–Kier alpha value is -1.48. The summed E-state index contributed by atoms with van der Waals surface area (Å²) in [6.45, 7) is 12.1. The summed E-state index contributed by atoms with van der Waals surface area (Å²) < 4.78 is 80.3. The fraction of sp³-hybridized carbons (Fsp3) is 0.882. The molecule has 0 saturated carbocycles. The van der Waals surface area contributed by atoms with Crippen LogP contribution in [-0.4, -0.2) is 36.0 Å². The zero-order chi connectivity index (χ0) is 22.2. The highest BCUT2D eigenvalue weighted by atomic mass is 19.4. The van der Waals surface area contributed by atoms with Crippen molar-refractivity contribution in [3.63, 3.8) is 0 Å². The maximum absolute atomic E-state index is 11.9. The molecule has 0 aromatic carbocycles. The first-order valence-corrected chi connectivity index (χ1v) is 8.43. The zero-order valence-electron chi connectivity index (χ0n) is 16.5. The number of carbonyl (C=O) groups is 2. The molecule has 0 bridgehead atoms. The second kappa shape index (κ2) is 10.8. The van der Waals surface area contributed by atoms with Gasteiger partial charge < -0.3 is 9.47 Å². The van der Waals surface area contributed by atoms with Crippen LogP contribution in [0.25, 0.3) is 0 Å². The van der Waals surface area contributed by atoms with Crippen LogP contribution < -0.4 is 0 Å². The molecule has 4 nitrogen and oxygen atoms in total. The van der Waals surface area contributed by atoms with E-state index in [-0.39, 0.29) is 23.9 Å². The van der Waals surface area contributed by atoms with Crippen LogP contribution in [0.1, 0.15) is 61.3 Å². The highest BCUT2D eigenvalue weighted by Gasteiger charge is 2.60. The van der Waals surface area contributed by atoms with E-state index >= 15 is 0 Å². The first-order chi connectivity index (χ1) is 11.9. The smallest absolute Gasteiger partial charge is 0.434 e. The lowest BCUT2D eigenvalue weighted by molar-refractivity contribution is -0.314. The van der Waals surface area contributed by atoms with E-state index in [1.807, 2.05) is 34.6 Å². The van der Waals surface area contributed by atoms with Gasteiger partial charge >= 0.3 is 24.3 Å². The van der Waals surface area contributed by atoms with Crippen LogP contribution in [0.15, 0.2) is 0 Å². The molecule has 0 aliphatic rings. The summed E-state index contributed by atoms with van der Waals surface area (Å²) in [4.78, 5) is 22.0. The van der Waals surface area contributed by atoms with E-state index in [0.717, 1.165) is 6.42 Å². The second-order valence-corrected chi connectivity index (χ2v) is 7.05. The summed E-state index contributed by atoms with van der Waals surface area (Å²) in [7, 11) is 0. The zero-order valence-corrected chi connectivity index (χ0v) is 16.5. The van der Waals surface area contributed by atoms with E-state index in [2.05, 4.69) is 4.74 Å². The predicted octanol–water partition coefficient (Wildman–Crippen LogP) is 5.44. The van der Waals surface area contributed by atoms with Crippen molar-refractivity contribution in [3.05, 3.63) is 0 Å². The minimum atomic E-state index is -5.65. The molecular weight excluding hydrogens is 382 g/mol. The van der Waals surface area contributed by atoms with E-state index in [1.54, 1.807) is 0 Å². The van der Waals surface area contributed by atoms with Gasteiger partial charge in [0.2, 0.25) is 0 Å². The van der Waals surface area contributed by atoms with Crippen LogP contribution in [0.3, 0.4) is 0 Å². The van der Waals surface area contributed by atoms with Gasteiger partial charge in [0.25, 0.3) is 6.10 Å². The lowest BCUT2D eigenvalue weighted by atomic mass is 10.1. The molecule has 0 radical (unpaired) electrons. The van der Waals surface area contributed by atoms with Crippen molar-refractivity contribution < 1.29 is 45.4 Å². The van der Waals surface area contributed by atoms with Gasteiger partial charge in [0.1, 0.15) is 5.60 Å². The predicted molar refractivity (Wildman–Crippen MR) is 86.7 cm³/mol. The molecule has 0 amide bonds. The normalized spacial score (nSPS) is 14.7. The minimum absolute atomic E-state index is 0.0224. The van der Waals surface area contributed by atoms with Gasteiger partial charge in [-0.2, -0.15) is 26.3 Å². The van der Waals surface area contributed by atoms with E-state index in [4.69, 9.17) is 4.74 Å². The standard InChI is InChI=1S/C9H18O2.C8H10F6O2/c1-6-7(2)8(10)11-9(3,4)5;1-3-4(2)5(15)16-6(7(9,10)11)8(12,13)14/h7H,6H2,1-5H3;4,6H,3H2,1-2H3. The van der Waals surface area contributed by atoms with Crippen LogP contribution in [0.2, 0.25) is 0 Å². The third-order valence-electron chi connectivity index (χ3n) is 3.26. The third-order valence-corrected chi connectivity index (χ3v) is 3.26. The van der Waals surface area contributed by atoms with Gasteiger partial charge in [0, 0.05) is 0 Å². The molecule has 2 atom stereocenters. The van der Waals surface area contributed by atoms with Crippen LogP contribution in [0, 0.1) is 11.8 Å². The van der Waals surface area contributed by atoms with Crippen molar-refractivity contribution in [1.82, 2.24) is 0 Å². The van der Waals surface area contributed by atoms with E-state index in [0.29, 0.717) is 0 Å². The summed E-state index contributed by atoms with van der Waals surface area (Å²) in [5.74, 6) is -2.59. The first kappa shape index (κ1) is 27.7. The molecule has 0 spiro atoms. The number of carbonyl (C=O) groups excluding carboxylic acids is 2. The van der Waals surface area contributed by atoms with Gasteiger partial charge in [-0.1, -0.05) is 27.7 Å².